The summed E-state index contributed by atoms with van der Waals surface area (Å²) in [6.07, 6.45) is 2.58. The Labute approximate surface area is 174 Å². The van der Waals surface area contributed by atoms with Gasteiger partial charge in [0.2, 0.25) is 5.91 Å². The molecule has 30 heavy (non-hydrogen) atoms. The number of benzene rings is 2. The molecule has 154 valence electrons. The maximum Gasteiger partial charge on any atom is 0.276 e. The number of amides is 2. The average molecular weight is 406 g/mol. The first-order chi connectivity index (χ1) is 14.4. The summed E-state index contributed by atoms with van der Waals surface area (Å²) in [6, 6.07) is 13.1. The predicted molar refractivity (Wildman–Crippen MR) is 113 cm³/mol. The Bertz CT molecular complexity index is 1090. The molecule has 1 aliphatic carbocycles. The third kappa shape index (κ3) is 3.96. The highest BCUT2D eigenvalue weighted by atomic mass is 19.1. The smallest absolute Gasteiger partial charge is 0.276 e. The molecule has 0 saturated carbocycles. The van der Waals surface area contributed by atoms with Crippen molar-refractivity contribution in [2.24, 2.45) is 5.92 Å². The number of rotatable bonds is 5. The molecule has 1 aliphatic rings. The Morgan fingerprint density at radius 1 is 0.967 bits per heavy atom. The molecule has 0 saturated heterocycles. The van der Waals surface area contributed by atoms with Gasteiger partial charge in [0, 0.05) is 28.6 Å². The van der Waals surface area contributed by atoms with Crippen molar-refractivity contribution in [2.45, 2.75) is 33.1 Å². The van der Waals surface area contributed by atoms with Crippen molar-refractivity contribution in [3.8, 4) is 5.69 Å². The zero-order chi connectivity index (χ0) is 21.3. The highest BCUT2D eigenvalue weighted by Crippen LogP contribution is 2.28. The summed E-state index contributed by atoms with van der Waals surface area (Å²) in [4.78, 5) is 24.7. The molecule has 2 amide bonds. The van der Waals surface area contributed by atoms with Crippen LogP contribution in [0.25, 0.3) is 5.69 Å². The molecule has 2 N–H and O–H groups in total. The second-order valence-corrected chi connectivity index (χ2v) is 7.69. The molecule has 0 atom stereocenters. The number of hydrogen-bond donors (Lipinski definition) is 2. The lowest BCUT2D eigenvalue weighted by Crippen LogP contribution is -2.18. The van der Waals surface area contributed by atoms with E-state index in [2.05, 4.69) is 15.7 Å². The van der Waals surface area contributed by atoms with Crippen LogP contribution < -0.4 is 10.6 Å². The molecular weight excluding hydrogens is 383 g/mol. The monoisotopic (exact) mass is 406 g/mol. The predicted octanol–water partition coefficient (Wildman–Crippen LogP) is 4.35. The first kappa shape index (κ1) is 19.8. The summed E-state index contributed by atoms with van der Waals surface area (Å²) >= 11 is 0. The second-order valence-electron chi connectivity index (χ2n) is 7.69. The molecule has 2 aromatic carbocycles. The van der Waals surface area contributed by atoms with Crippen molar-refractivity contribution in [1.82, 2.24) is 9.78 Å². The molecule has 1 aromatic heterocycles. The van der Waals surface area contributed by atoms with Gasteiger partial charge in [-0.1, -0.05) is 13.8 Å². The molecule has 6 nitrogen and oxygen atoms in total. The quantitative estimate of drug-likeness (QED) is 0.662. The number of fused-ring (bicyclic) bond motifs is 1. The second kappa shape index (κ2) is 8.10. The van der Waals surface area contributed by atoms with Gasteiger partial charge in [0.05, 0.1) is 5.69 Å². The van der Waals surface area contributed by atoms with E-state index >= 15 is 0 Å². The van der Waals surface area contributed by atoms with Crippen LogP contribution in [0.15, 0.2) is 48.5 Å². The first-order valence-corrected chi connectivity index (χ1v) is 10.0. The summed E-state index contributed by atoms with van der Waals surface area (Å²) in [5.74, 6) is -0.766. The molecular formula is C23H23FN4O2. The molecule has 3 aromatic rings. The fourth-order valence-electron chi connectivity index (χ4n) is 3.53. The van der Waals surface area contributed by atoms with E-state index in [1.165, 1.54) is 12.1 Å². The molecule has 7 heteroatoms. The van der Waals surface area contributed by atoms with E-state index in [9.17, 15) is 14.0 Å². The van der Waals surface area contributed by atoms with Crippen molar-refractivity contribution >= 4 is 23.2 Å². The van der Waals surface area contributed by atoms with Crippen LogP contribution in [0.2, 0.25) is 0 Å². The van der Waals surface area contributed by atoms with Gasteiger partial charge in [-0.15, -0.1) is 0 Å². The van der Waals surface area contributed by atoms with Crippen LogP contribution in [0, 0.1) is 11.7 Å². The summed E-state index contributed by atoms with van der Waals surface area (Å²) < 4.78 is 15.0. The molecule has 0 aliphatic heterocycles. The van der Waals surface area contributed by atoms with E-state index < -0.39 is 0 Å². The number of hydrogen-bond acceptors (Lipinski definition) is 3. The van der Waals surface area contributed by atoms with Gasteiger partial charge in [0.15, 0.2) is 5.69 Å². The Hall–Kier alpha value is -3.48. The highest BCUT2D eigenvalue weighted by Gasteiger charge is 2.27. The maximum atomic E-state index is 13.3. The van der Waals surface area contributed by atoms with Crippen molar-refractivity contribution in [3.05, 3.63) is 71.3 Å². The van der Waals surface area contributed by atoms with Crippen molar-refractivity contribution < 1.29 is 14.0 Å². The van der Waals surface area contributed by atoms with Crippen molar-refractivity contribution in [1.29, 1.82) is 0 Å². The van der Waals surface area contributed by atoms with E-state index in [0.29, 0.717) is 17.1 Å². The zero-order valence-corrected chi connectivity index (χ0v) is 16.9. The average Bonchev–Trinajstić information content (AvgIpc) is 3.33. The van der Waals surface area contributed by atoms with Gasteiger partial charge in [0.25, 0.3) is 5.91 Å². The number of halogens is 1. The van der Waals surface area contributed by atoms with E-state index in [1.54, 1.807) is 41.1 Å². The Morgan fingerprint density at radius 3 is 2.23 bits per heavy atom. The fraction of sp³-hybridized carbons (Fsp3) is 0.261. The van der Waals surface area contributed by atoms with Gasteiger partial charge >= 0.3 is 0 Å². The third-order valence-electron chi connectivity index (χ3n) is 5.15. The summed E-state index contributed by atoms with van der Waals surface area (Å²) in [6.45, 7) is 3.65. The summed E-state index contributed by atoms with van der Waals surface area (Å²) in [5.41, 5.74) is 4.36. The standard InChI is InChI=1S/C23H23FN4O2/c1-14(2)22(29)25-16-8-10-17(11-9-16)26-23(30)21-19-4-3-5-20(19)28(27-21)18-12-6-15(24)7-13-18/h6-14H,3-5H2,1-2H3,(H,25,29)(H,26,30). The van der Waals surface area contributed by atoms with Crippen LogP contribution in [0.1, 0.15) is 42.0 Å². The molecule has 4 rings (SSSR count). The third-order valence-corrected chi connectivity index (χ3v) is 5.15. The molecule has 0 fully saturated rings. The highest BCUT2D eigenvalue weighted by molar-refractivity contribution is 6.04. The van der Waals surface area contributed by atoms with Gasteiger partial charge in [-0.05, 0) is 67.8 Å². The van der Waals surface area contributed by atoms with Gasteiger partial charge in [-0.2, -0.15) is 5.10 Å². The minimum atomic E-state index is -0.312. The largest absolute Gasteiger partial charge is 0.326 e. The molecule has 0 spiro atoms. The van der Waals surface area contributed by atoms with Gasteiger partial charge < -0.3 is 10.6 Å². The summed E-state index contributed by atoms with van der Waals surface area (Å²) in [5, 5.41) is 10.2. The minimum absolute atomic E-state index is 0.0614. The van der Waals surface area contributed by atoms with Gasteiger partial charge in [-0.3, -0.25) is 9.59 Å². The normalized spacial score (nSPS) is 12.7. The maximum absolute atomic E-state index is 13.3. The molecule has 1 heterocycles. The van der Waals surface area contributed by atoms with Crippen LogP contribution >= 0.6 is 0 Å². The number of carbonyl (C=O) groups is 2. The van der Waals surface area contributed by atoms with Crippen LogP contribution in [-0.2, 0) is 17.6 Å². The summed E-state index contributed by atoms with van der Waals surface area (Å²) in [7, 11) is 0. The lowest BCUT2D eigenvalue weighted by Gasteiger charge is -2.09. The Balaban J connectivity index is 1.53. The van der Waals surface area contributed by atoms with E-state index in [0.717, 1.165) is 36.2 Å². The van der Waals surface area contributed by atoms with E-state index in [4.69, 9.17) is 0 Å². The van der Waals surface area contributed by atoms with E-state index in [-0.39, 0.29) is 23.5 Å². The fourth-order valence-corrected chi connectivity index (χ4v) is 3.53. The molecule has 0 radical (unpaired) electrons. The molecule has 0 unspecified atom stereocenters. The number of anilines is 2. The van der Waals surface area contributed by atoms with Crippen molar-refractivity contribution in [2.75, 3.05) is 10.6 Å². The van der Waals surface area contributed by atoms with Gasteiger partial charge in [0.1, 0.15) is 5.82 Å². The minimum Gasteiger partial charge on any atom is -0.326 e. The number of aromatic nitrogens is 2. The SMILES string of the molecule is CC(C)C(=O)Nc1ccc(NC(=O)c2nn(-c3ccc(F)cc3)c3c2CCC3)cc1. The number of carbonyl (C=O) groups excluding carboxylic acids is 2. The zero-order valence-electron chi connectivity index (χ0n) is 16.9. The Morgan fingerprint density at radius 2 is 1.60 bits per heavy atom. The van der Waals surface area contributed by atoms with Crippen LogP contribution in [0.4, 0.5) is 15.8 Å². The van der Waals surface area contributed by atoms with Crippen LogP contribution in [0.5, 0.6) is 0 Å². The lowest BCUT2D eigenvalue weighted by molar-refractivity contribution is -0.118. The lowest BCUT2D eigenvalue weighted by atomic mass is 10.2. The van der Waals surface area contributed by atoms with Gasteiger partial charge in [-0.25, -0.2) is 9.07 Å². The van der Waals surface area contributed by atoms with Crippen molar-refractivity contribution in [3.63, 3.8) is 0 Å². The van der Waals surface area contributed by atoms with Crippen LogP contribution in [0.3, 0.4) is 0 Å². The Kier molecular flexibility index (Phi) is 5.35. The topological polar surface area (TPSA) is 76.0 Å². The number of nitrogens with zero attached hydrogens (tertiary/aromatic N) is 2. The van der Waals surface area contributed by atoms with Crippen LogP contribution in [-0.4, -0.2) is 21.6 Å². The molecule has 0 bridgehead atoms. The first-order valence-electron chi connectivity index (χ1n) is 10.0. The number of nitrogens with one attached hydrogen (secondary N) is 2. The van der Waals surface area contributed by atoms with E-state index in [1.807, 2.05) is 13.8 Å².